The lowest BCUT2D eigenvalue weighted by Gasteiger charge is -2.11. The summed E-state index contributed by atoms with van der Waals surface area (Å²) in [6.45, 7) is 2.00. The minimum atomic E-state index is -0.624. The fourth-order valence-corrected chi connectivity index (χ4v) is 3.36. The van der Waals surface area contributed by atoms with Crippen LogP contribution in [0.3, 0.4) is 0 Å². The minimum absolute atomic E-state index is 0.197. The van der Waals surface area contributed by atoms with Crippen molar-refractivity contribution < 1.29 is 14.3 Å². The second-order valence-corrected chi connectivity index (χ2v) is 7.87. The Morgan fingerprint density at radius 3 is 2.59 bits per heavy atom. The van der Waals surface area contributed by atoms with E-state index in [1.165, 1.54) is 19.2 Å². The van der Waals surface area contributed by atoms with Crippen LogP contribution in [0, 0.1) is 6.92 Å². The van der Waals surface area contributed by atoms with E-state index in [9.17, 15) is 4.79 Å². The molecule has 0 spiro atoms. The molecule has 0 atom stereocenters. The molecule has 0 aliphatic heterocycles. The maximum absolute atomic E-state index is 12.5. The lowest BCUT2D eigenvalue weighted by molar-refractivity contribution is 0.0730. The number of carbonyl (C=O) groups excluding carboxylic acids is 1. The molecule has 0 amide bonds. The summed E-state index contributed by atoms with van der Waals surface area (Å²) in [5.41, 5.74) is 5.64. The van der Waals surface area contributed by atoms with Crippen LogP contribution in [0.25, 0.3) is 0 Å². The van der Waals surface area contributed by atoms with Gasteiger partial charge in [0.15, 0.2) is 16.6 Å². The summed E-state index contributed by atoms with van der Waals surface area (Å²) in [7, 11) is 1.47. The van der Waals surface area contributed by atoms with Crippen LogP contribution >= 0.6 is 35.4 Å². The largest absolute Gasteiger partial charge is 0.493 e. The molecule has 3 aromatic rings. The van der Waals surface area contributed by atoms with E-state index in [-0.39, 0.29) is 16.3 Å². The Morgan fingerprint density at radius 2 is 1.88 bits per heavy atom. The zero-order valence-corrected chi connectivity index (χ0v) is 19.5. The van der Waals surface area contributed by atoms with Crippen molar-refractivity contribution in [2.24, 2.45) is 5.10 Å². The number of hydrazone groups is 1. The number of hydrogen-bond donors (Lipinski definition) is 2. The van der Waals surface area contributed by atoms with E-state index in [4.69, 9.17) is 44.9 Å². The number of hydrogen-bond acceptors (Lipinski definition) is 5. The summed E-state index contributed by atoms with van der Waals surface area (Å²) in [6.07, 6.45) is 1.56. The van der Waals surface area contributed by atoms with E-state index < -0.39 is 5.97 Å². The number of thiocarbonyl (C=S) groups is 1. The third kappa shape index (κ3) is 6.43. The van der Waals surface area contributed by atoms with Crippen molar-refractivity contribution in [3.05, 3.63) is 87.4 Å². The van der Waals surface area contributed by atoms with Crippen LogP contribution in [0.4, 0.5) is 5.69 Å². The summed E-state index contributed by atoms with van der Waals surface area (Å²) in [5.74, 6) is -0.0290. The summed E-state index contributed by atoms with van der Waals surface area (Å²) in [5, 5.41) is 8.15. The molecule has 0 bridgehead atoms. The van der Waals surface area contributed by atoms with Crippen molar-refractivity contribution in [1.29, 1.82) is 0 Å². The number of rotatable bonds is 6. The second-order valence-electron chi connectivity index (χ2n) is 6.62. The van der Waals surface area contributed by atoms with Crippen LogP contribution in [0.2, 0.25) is 10.0 Å². The topological polar surface area (TPSA) is 71.9 Å². The third-order valence-electron chi connectivity index (χ3n) is 4.20. The first-order valence-corrected chi connectivity index (χ1v) is 10.5. The summed E-state index contributed by atoms with van der Waals surface area (Å²) in [4.78, 5) is 12.5. The molecule has 0 heterocycles. The third-order valence-corrected chi connectivity index (χ3v) is 4.94. The molecule has 0 saturated heterocycles. The number of ether oxygens (including phenoxy) is 2. The highest BCUT2D eigenvalue weighted by molar-refractivity contribution is 7.80. The highest BCUT2D eigenvalue weighted by Crippen LogP contribution is 2.30. The molecular weight excluding hydrogens is 469 g/mol. The monoisotopic (exact) mass is 487 g/mol. The number of benzene rings is 3. The number of aryl methyl sites for hydroxylation is 1. The minimum Gasteiger partial charge on any atom is -0.493 e. The molecule has 0 fully saturated rings. The Hall–Kier alpha value is -3.13. The number of anilines is 1. The zero-order valence-electron chi connectivity index (χ0n) is 17.2. The molecule has 3 rings (SSSR count). The Bertz CT molecular complexity index is 1180. The average molecular weight is 488 g/mol. The highest BCUT2D eigenvalue weighted by atomic mass is 35.5. The van der Waals surface area contributed by atoms with Crippen molar-refractivity contribution in [3.63, 3.8) is 0 Å². The highest BCUT2D eigenvalue weighted by Gasteiger charge is 2.16. The predicted molar refractivity (Wildman–Crippen MR) is 133 cm³/mol. The van der Waals surface area contributed by atoms with E-state index in [0.29, 0.717) is 21.4 Å². The van der Waals surface area contributed by atoms with Gasteiger partial charge in [-0.25, -0.2) is 4.79 Å². The first-order chi connectivity index (χ1) is 15.4. The fourth-order valence-electron chi connectivity index (χ4n) is 2.71. The standard InChI is InChI=1S/C23H19Cl2N3O3S/c1-14-4-3-5-17(10-14)27-23(32)28-26-13-15-6-9-20(21(11-15)30-2)31-22(29)18-8-7-16(24)12-19(18)25/h3-13H,1-2H3,(H2,27,28,32). The van der Waals surface area contributed by atoms with Gasteiger partial charge in [-0.1, -0.05) is 35.3 Å². The molecule has 164 valence electrons. The molecule has 0 aliphatic carbocycles. The van der Waals surface area contributed by atoms with E-state index in [1.54, 1.807) is 30.5 Å². The molecule has 0 unspecified atom stereocenters. The Morgan fingerprint density at radius 1 is 1.06 bits per heavy atom. The van der Waals surface area contributed by atoms with Gasteiger partial charge in [0, 0.05) is 10.7 Å². The number of halogens is 2. The Labute approximate surface area is 201 Å². The Balaban J connectivity index is 1.64. The summed E-state index contributed by atoms with van der Waals surface area (Å²) >= 11 is 17.2. The Kier molecular flexibility index (Phi) is 8.05. The van der Waals surface area contributed by atoms with Gasteiger partial charge in [-0.15, -0.1) is 0 Å². The molecule has 0 aromatic heterocycles. The molecule has 2 N–H and O–H groups in total. The van der Waals surface area contributed by atoms with Crippen LogP contribution in [0.1, 0.15) is 21.5 Å². The zero-order chi connectivity index (χ0) is 23.1. The van der Waals surface area contributed by atoms with E-state index in [1.807, 2.05) is 31.2 Å². The maximum atomic E-state index is 12.5. The molecule has 9 heteroatoms. The second kappa shape index (κ2) is 10.9. The molecular formula is C23H19Cl2N3O3S. The molecule has 3 aromatic carbocycles. The van der Waals surface area contributed by atoms with Crippen molar-refractivity contribution in [3.8, 4) is 11.5 Å². The summed E-state index contributed by atoms with van der Waals surface area (Å²) < 4.78 is 10.8. The lowest BCUT2D eigenvalue weighted by atomic mass is 10.2. The van der Waals surface area contributed by atoms with E-state index in [0.717, 1.165) is 11.3 Å². The van der Waals surface area contributed by atoms with Gasteiger partial charge >= 0.3 is 5.97 Å². The molecule has 0 saturated carbocycles. The van der Waals surface area contributed by atoms with Crippen LogP contribution in [-0.2, 0) is 0 Å². The van der Waals surface area contributed by atoms with Crippen molar-refractivity contribution in [1.82, 2.24) is 5.43 Å². The lowest BCUT2D eigenvalue weighted by Crippen LogP contribution is -2.23. The van der Waals surface area contributed by atoms with Crippen LogP contribution < -0.4 is 20.2 Å². The van der Waals surface area contributed by atoms with E-state index >= 15 is 0 Å². The molecule has 6 nitrogen and oxygen atoms in total. The molecule has 32 heavy (non-hydrogen) atoms. The van der Waals surface area contributed by atoms with Gasteiger partial charge in [-0.2, -0.15) is 5.10 Å². The number of carbonyl (C=O) groups is 1. The first-order valence-electron chi connectivity index (χ1n) is 9.37. The van der Waals surface area contributed by atoms with Crippen LogP contribution in [0.5, 0.6) is 11.5 Å². The van der Waals surface area contributed by atoms with Gasteiger partial charge in [0.1, 0.15) is 0 Å². The van der Waals surface area contributed by atoms with E-state index in [2.05, 4.69) is 15.8 Å². The van der Waals surface area contributed by atoms with Gasteiger partial charge in [0.25, 0.3) is 0 Å². The van der Waals surface area contributed by atoms with Crippen LogP contribution in [-0.4, -0.2) is 24.4 Å². The van der Waals surface area contributed by atoms with Crippen molar-refractivity contribution in [2.45, 2.75) is 6.92 Å². The SMILES string of the molecule is COc1cc(C=NNC(=S)Nc2cccc(C)c2)ccc1OC(=O)c1ccc(Cl)cc1Cl. The predicted octanol–water partition coefficient (Wildman–Crippen LogP) is 5.85. The van der Waals surface area contributed by atoms with Gasteiger partial charge in [0.05, 0.1) is 23.9 Å². The fraction of sp³-hybridized carbons (Fsp3) is 0.0870. The van der Waals surface area contributed by atoms with Gasteiger partial charge in [-0.3, -0.25) is 5.43 Å². The first kappa shape index (κ1) is 23.5. The quantitative estimate of drug-likeness (QED) is 0.149. The molecule has 0 aliphatic rings. The van der Waals surface area contributed by atoms with Crippen LogP contribution in [0.15, 0.2) is 65.8 Å². The normalized spacial score (nSPS) is 10.6. The molecule has 0 radical (unpaired) electrons. The maximum Gasteiger partial charge on any atom is 0.345 e. The van der Waals surface area contributed by atoms with Gasteiger partial charge in [-0.05, 0) is 78.8 Å². The summed E-state index contributed by atoms with van der Waals surface area (Å²) in [6, 6.07) is 17.3. The number of nitrogens with zero attached hydrogens (tertiary/aromatic N) is 1. The van der Waals surface area contributed by atoms with Crippen molar-refractivity contribution in [2.75, 3.05) is 12.4 Å². The van der Waals surface area contributed by atoms with Gasteiger partial charge < -0.3 is 14.8 Å². The number of nitrogens with one attached hydrogen (secondary N) is 2. The number of methoxy groups -OCH3 is 1. The van der Waals surface area contributed by atoms with Crippen molar-refractivity contribution >= 4 is 58.4 Å². The smallest absolute Gasteiger partial charge is 0.345 e. The average Bonchev–Trinajstić information content (AvgIpc) is 2.74. The number of esters is 1. The van der Waals surface area contributed by atoms with Gasteiger partial charge in [0.2, 0.25) is 0 Å².